The minimum Gasteiger partial charge on any atom is -0.466 e. The Hall–Kier alpha value is -3.47. The van der Waals surface area contributed by atoms with Gasteiger partial charge in [0, 0.05) is 19.4 Å². The van der Waals surface area contributed by atoms with Gasteiger partial charge in [-0.1, -0.05) is 18.2 Å². The first-order chi connectivity index (χ1) is 16.7. The number of carbonyl (C=O) groups excluding carboxylic acids is 5. The molecule has 6 atom stereocenters. The quantitative estimate of drug-likeness (QED) is 0.240. The van der Waals surface area contributed by atoms with E-state index in [9.17, 15) is 29.1 Å². The minimum atomic E-state index is -2.34. The van der Waals surface area contributed by atoms with Crippen molar-refractivity contribution in [2.24, 2.45) is 5.92 Å². The highest BCUT2D eigenvalue weighted by Crippen LogP contribution is 2.38. The van der Waals surface area contributed by atoms with Crippen LogP contribution in [0.1, 0.15) is 47.5 Å². The highest BCUT2D eigenvalue weighted by Gasteiger charge is 2.52. The lowest BCUT2D eigenvalue weighted by atomic mass is 9.83. The van der Waals surface area contributed by atoms with Crippen molar-refractivity contribution < 1.29 is 52.8 Å². The zero-order valence-electron chi connectivity index (χ0n) is 21.2. The Balaban J connectivity index is 2.68. The summed E-state index contributed by atoms with van der Waals surface area (Å²) in [5.74, 6) is -5.52. The van der Waals surface area contributed by atoms with E-state index < -0.39 is 65.8 Å². The van der Waals surface area contributed by atoms with E-state index in [4.69, 9.17) is 23.7 Å². The molecule has 0 aromatic rings. The Morgan fingerprint density at radius 3 is 2.39 bits per heavy atom. The van der Waals surface area contributed by atoms with Crippen LogP contribution in [0.25, 0.3) is 0 Å². The average molecular weight is 509 g/mol. The molecular weight excluding hydrogens is 476 g/mol. The number of hydrogen-bond acceptors (Lipinski definition) is 11. The van der Waals surface area contributed by atoms with E-state index >= 15 is 0 Å². The smallest absolute Gasteiger partial charge is 0.342 e. The number of methoxy groups -OCH3 is 1. The van der Waals surface area contributed by atoms with Crippen LogP contribution >= 0.6 is 0 Å². The number of esters is 5. The van der Waals surface area contributed by atoms with Gasteiger partial charge in [-0.25, -0.2) is 14.4 Å². The number of hydrogen-bond donors (Lipinski definition) is 1. The molecule has 1 aliphatic heterocycles. The lowest BCUT2D eigenvalue weighted by Gasteiger charge is -2.36. The van der Waals surface area contributed by atoms with Crippen LogP contribution in [0.2, 0.25) is 0 Å². The molecule has 0 aromatic carbocycles. The predicted octanol–water partition coefficient (Wildman–Crippen LogP) is 1.47. The maximum atomic E-state index is 13.2. The van der Waals surface area contributed by atoms with Gasteiger partial charge in [-0.3, -0.25) is 9.59 Å². The second-order valence-electron chi connectivity index (χ2n) is 8.92. The highest BCUT2D eigenvalue weighted by atomic mass is 16.6. The molecule has 1 heterocycles. The SMILES string of the molecule is C=C1C(=O)O[C@@H]2/C=C(/C)CC/C=C(/C(=O)OC)[C@H](OC(C)=O)[C@H](OC(=O)[C@](C)(O)[C@H](C)OC(C)=O)[C@@H]12. The van der Waals surface area contributed by atoms with Crippen molar-refractivity contribution in [3.05, 3.63) is 35.5 Å². The summed E-state index contributed by atoms with van der Waals surface area (Å²) < 4.78 is 26.4. The molecule has 0 aromatic heterocycles. The maximum absolute atomic E-state index is 13.2. The summed E-state index contributed by atoms with van der Waals surface area (Å²) in [5, 5.41) is 10.8. The Labute approximate surface area is 209 Å². The topological polar surface area (TPSA) is 152 Å². The minimum absolute atomic E-state index is 0.0866. The summed E-state index contributed by atoms with van der Waals surface area (Å²) in [6.07, 6.45) is -1.39. The summed E-state index contributed by atoms with van der Waals surface area (Å²) in [7, 11) is 1.13. The molecule has 1 N–H and O–H groups in total. The first-order valence-electron chi connectivity index (χ1n) is 11.3. The standard InChI is InChI=1S/C25H32O11/c1-12-9-8-10-17(23(29)32-7)20(34-16(5)27)21(19-13(2)22(28)35-18(19)11-12)36-24(30)25(6,31)14(3)33-15(4)26/h10-11,14,18-21,31H,2,8-9H2,1,3-7H3/b12-11-,17-10+/t14-,18+,19-,20-,21+,25+/m0/s1. The molecule has 11 heteroatoms. The van der Waals surface area contributed by atoms with Crippen LogP contribution in [0.15, 0.2) is 35.5 Å². The predicted molar refractivity (Wildman–Crippen MR) is 123 cm³/mol. The van der Waals surface area contributed by atoms with Crippen molar-refractivity contribution in [2.45, 2.75) is 77.5 Å². The van der Waals surface area contributed by atoms with Gasteiger partial charge in [-0.15, -0.1) is 0 Å². The molecule has 2 rings (SSSR count). The molecule has 1 saturated heterocycles. The van der Waals surface area contributed by atoms with Gasteiger partial charge in [0.25, 0.3) is 0 Å². The molecule has 0 bridgehead atoms. The summed E-state index contributed by atoms with van der Waals surface area (Å²) >= 11 is 0. The van der Waals surface area contributed by atoms with Gasteiger partial charge in [-0.2, -0.15) is 0 Å². The van der Waals surface area contributed by atoms with Crippen LogP contribution in [0.5, 0.6) is 0 Å². The third kappa shape index (κ3) is 6.39. The molecule has 11 nitrogen and oxygen atoms in total. The van der Waals surface area contributed by atoms with E-state index in [1.165, 1.54) is 13.0 Å². The number of rotatable bonds is 6. The molecule has 0 radical (unpaired) electrons. The van der Waals surface area contributed by atoms with E-state index in [0.717, 1.165) is 33.5 Å². The monoisotopic (exact) mass is 508 g/mol. The molecule has 36 heavy (non-hydrogen) atoms. The van der Waals surface area contributed by atoms with Gasteiger partial charge in [0.1, 0.15) is 12.2 Å². The van der Waals surface area contributed by atoms with Crippen LogP contribution in [0, 0.1) is 5.92 Å². The first kappa shape index (κ1) is 28.8. The number of ether oxygens (including phenoxy) is 5. The van der Waals surface area contributed by atoms with E-state index in [2.05, 4.69) is 6.58 Å². The number of allylic oxidation sites excluding steroid dienone is 2. The third-order valence-corrected chi connectivity index (χ3v) is 6.08. The van der Waals surface area contributed by atoms with Crippen LogP contribution in [-0.2, 0) is 47.7 Å². The summed E-state index contributed by atoms with van der Waals surface area (Å²) in [6.45, 7) is 10.1. The van der Waals surface area contributed by atoms with E-state index in [1.54, 1.807) is 13.0 Å². The molecular formula is C25H32O11. The molecule has 198 valence electrons. The second-order valence-corrected chi connectivity index (χ2v) is 8.92. The van der Waals surface area contributed by atoms with E-state index in [-0.39, 0.29) is 11.1 Å². The van der Waals surface area contributed by atoms with Crippen molar-refractivity contribution in [3.8, 4) is 0 Å². The van der Waals surface area contributed by atoms with Gasteiger partial charge in [0.05, 0.1) is 18.6 Å². The fourth-order valence-corrected chi connectivity index (χ4v) is 3.96. The number of carbonyl (C=O) groups is 5. The van der Waals surface area contributed by atoms with Crippen LogP contribution < -0.4 is 0 Å². The van der Waals surface area contributed by atoms with Gasteiger partial charge >= 0.3 is 29.8 Å². The second kappa shape index (κ2) is 11.5. The van der Waals surface area contributed by atoms with Crippen molar-refractivity contribution in [3.63, 3.8) is 0 Å². The van der Waals surface area contributed by atoms with Gasteiger partial charge < -0.3 is 28.8 Å². The lowest BCUT2D eigenvalue weighted by Crippen LogP contribution is -2.53. The molecule has 0 unspecified atom stereocenters. The fourth-order valence-electron chi connectivity index (χ4n) is 3.96. The summed E-state index contributed by atoms with van der Waals surface area (Å²) in [6, 6.07) is 0. The zero-order chi connectivity index (χ0) is 27.4. The molecule has 0 spiro atoms. The maximum Gasteiger partial charge on any atom is 0.342 e. The van der Waals surface area contributed by atoms with Crippen LogP contribution in [-0.4, -0.2) is 72.1 Å². The van der Waals surface area contributed by atoms with Crippen LogP contribution in [0.4, 0.5) is 0 Å². The third-order valence-electron chi connectivity index (χ3n) is 6.08. The van der Waals surface area contributed by atoms with Crippen molar-refractivity contribution in [1.29, 1.82) is 0 Å². The van der Waals surface area contributed by atoms with E-state index in [0.29, 0.717) is 12.8 Å². The first-order valence-corrected chi connectivity index (χ1v) is 11.3. The summed E-state index contributed by atoms with van der Waals surface area (Å²) in [5.41, 5.74) is -1.74. The highest BCUT2D eigenvalue weighted by molar-refractivity contribution is 5.93. The van der Waals surface area contributed by atoms with Crippen LogP contribution in [0.3, 0.4) is 0 Å². The zero-order valence-corrected chi connectivity index (χ0v) is 21.2. The van der Waals surface area contributed by atoms with Gasteiger partial charge in [-0.05, 0) is 39.7 Å². The van der Waals surface area contributed by atoms with Crippen molar-refractivity contribution in [2.75, 3.05) is 7.11 Å². The average Bonchev–Trinajstić information content (AvgIpc) is 3.04. The Morgan fingerprint density at radius 2 is 1.83 bits per heavy atom. The van der Waals surface area contributed by atoms with Gasteiger partial charge in [0.15, 0.2) is 17.8 Å². The lowest BCUT2D eigenvalue weighted by molar-refractivity contribution is -0.196. The van der Waals surface area contributed by atoms with E-state index in [1.807, 2.05) is 0 Å². The molecule has 2 aliphatic rings. The Kier molecular flexibility index (Phi) is 9.20. The summed E-state index contributed by atoms with van der Waals surface area (Å²) in [4.78, 5) is 61.9. The largest absolute Gasteiger partial charge is 0.466 e. The fraction of sp³-hybridized carbons (Fsp3) is 0.560. The number of aliphatic hydroxyl groups is 1. The number of fused-ring (bicyclic) bond motifs is 1. The Bertz CT molecular complexity index is 1000. The van der Waals surface area contributed by atoms with Gasteiger partial charge in [0.2, 0.25) is 0 Å². The Morgan fingerprint density at radius 1 is 1.19 bits per heavy atom. The molecule has 1 aliphatic carbocycles. The molecule has 0 saturated carbocycles. The molecule has 0 amide bonds. The van der Waals surface area contributed by atoms with Crippen molar-refractivity contribution in [1.82, 2.24) is 0 Å². The normalized spacial score (nSPS) is 29.5. The van der Waals surface area contributed by atoms with Crippen molar-refractivity contribution >= 4 is 29.8 Å². The molecule has 1 fully saturated rings.